The van der Waals surface area contributed by atoms with Crippen molar-refractivity contribution < 1.29 is 4.79 Å². The van der Waals surface area contributed by atoms with Crippen molar-refractivity contribution in [3.8, 4) is 0 Å². The van der Waals surface area contributed by atoms with E-state index < -0.39 is 0 Å². The van der Waals surface area contributed by atoms with Crippen LogP contribution in [-0.4, -0.2) is 6.29 Å². The van der Waals surface area contributed by atoms with E-state index in [2.05, 4.69) is 42.5 Å². The van der Waals surface area contributed by atoms with Gasteiger partial charge in [-0.25, -0.2) is 0 Å². The number of aldehydes is 1. The molecule has 0 N–H and O–H groups in total. The van der Waals surface area contributed by atoms with Gasteiger partial charge < -0.3 is 0 Å². The minimum atomic E-state index is 0.877. The standard InChI is InChI=1S/C19H20O/c20-14-19-13-17-10-9-16-7-5-15(6-8-16)3-1-2-4-18(19)12-11-17/h3,5,7-8,11-14H,1-2,4,6,9-10H2/b15-3-. The van der Waals surface area contributed by atoms with E-state index in [4.69, 9.17) is 0 Å². The van der Waals surface area contributed by atoms with Crippen molar-refractivity contribution in [1.29, 1.82) is 0 Å². The first kappa shape index (κ1) is 13.1. The Morgan fingerprint density at radius 2 is 1.85 bits per heavy atom. The minimum absolute atomic E-state index is 0.877. The fourth-order valence-corrected chi connectivity index (χ4v) is 2.94. The Morgan fingerprint density at radius 3 is 2.65 bits per heavy atom. The molecule has 5 aliphatic rings. The van der Waals surface area contributed by atoms with Crippen molar-refractivity contribution in [2.75, 3.05) is 0 Å². The average Bonchev–Trinajstić information content (AvgIpc) is 2.51. The van der Waals surface area contributed by atoms with Gasteiger partial charge in [0.15, 0.2) is 0 Å². The van der Waals surface area contributed by atoms with Crippen LogP contribution in [0.1, 0.15) is 47.2 Å². The Labute approximate surface area is 120 Å². The van der Waals surface area contributed by atoms with Crippen LogP contribution >= 0.6 is 0 Å². The largest absolute Gasteiger partial charge is 0.298 e. The van der Waals surface area contributed by atoms with Crippen LogP contribution in [0.25, 0.3) is 0 Å². The van der Waals surface area contributed by atoms with Crippen LogP contribution in [0.15, 0.2) is 53.6 Å². The highest BCUT2D eigenvalue weighted by Gasteiger charge is 2.07. The van der Waals surface area contributed by atoms with Gasteiger partial charge in [0, 0.05) is 5.56 Å². The third kappa shape index (κ3) is 2.98. The lowest BCUT2D eigenvalue weighted by Gasteiger charge is -2.12. The summed E-state index contributed by atoms with van der Waals surface area (Å²) in [5.74, 6) is 0. The predicted octanol–water partition coefficient (Wildman–Crippen LogP) is 4.58. The zero-order valence-corrected chi connectivity index (χ0v) is 11.8. The quantitative estimate of drug-likeness (QED) is 0.678. The molecule has 1 heteroatoms. The molecular formula is C19H20O. The van der Waals surface area contributed by atoms with Gasteiger partial charge in [0.2, 0.25) is 0 Å². The number of carbonyl (C=O) groups excluding carboxylic acids is 1. The molecule has 102 valence electrons. The smallest absolute Gasteiger partial charge is 0.150 e. The van der Waals surface area contributed by atoms with Crippen molar-refractivity contribution in [3.63, 3.8) is 0 Å². The number of carbonyl (C=O) groups is 1. The highest BCUT2D eigenvalue weighted by Crippen LogP contribution is 2.22. The van der Waals surface area contributed by atoms with E-state index in [1.54, 1.807) is 0 Å². The summed E-state index contributed by atoms with van der Waals surface area (Å²) >= 11 is 0. The maximum absolute atomic E-state index is 11.2. The second kappa shape index (κ2) is 6.04. The lowest BCUT2D eigenvalue weighted by Crippen LogP contribution is -1.98. The number of aryl methyl sites for hydroxylation is 2. The molecule has 1 aromatic rings. The molecule has 0 amide bonds. The van der Waals surface area contributed by atoms with Gasteiger partial charge in [0.05, 0.1) is 0 Å². The molecule has 0 fully saturated rings. The first-order valence-electron chi connectivity index (χ1n) is 7.48. The first-order chi connectivity index (χ1) is 9.85. The second-order valence-corrected chi connectivity index (χ2v) is 5.64. The number of allylic oxidation sites excluding steroid dienone is 6. The van der Waals surface area contributed by atoms with Gasteiger partial charge in [-0.3, -0.25) is 4.79 Å². The summed E-state index contributed by atoms with van der Waals surface area (Å²) in [5.41, 5.74) is 6.18. The lowest BCUT2D eigenvalue weighted by molar-refractivity contribution is 0.112. The second-order valence-electron chi connectivity index (χ2n) is 5.64. The highest BCUT2D eigenvalue weighted by molar-refractivity contribution is 5.77. The van der Waals surface area contributed by atoms with Gasteiger partial charge in [-0.15, -0.1) is 0 Å². The summed E-state index contributed by atoms with van der Waals surface area (Å²) in [6.45, 7) is 0. The molecule has 0 aliphatic heterocycles. The van der Waals surface area contributed by atoms with Gasteiger partial charge >= 0.3 is 0 Å². The molecule has 1 nitrogen and oxygen atoms in total. The Kier molecular flexibility index (Phi) is 3.96. The maximum Gasteiger partial charge on any atom is 0.150 e. The molecule has 1 aromatic carbocycles. The van der Waals surface area contributed by atoms with Crippen LogP contribution in [-0.2, 0) is 12.8 Å². The van der Waals surface area contributed by atoms with Crippen molar-refractivity contribution in [2.24, 2.45) is 0 Å². The molecule has 0 aromatic heterocycles. The van der Waals surface area contributed by atoms with Gasteiger partial charge in [0.25, 0.3) is 0 Å². The molecule has 0 atom stereocenters. The zero-order chi connectivity index (χ0) is 13.8. The number of rotatable bonds is 1. The fourth-order valence-electron chi connectivity index (χ4n) is 2.94. The highest BCUT2D eigenvalue weighted by atomic mass is 16.1. The predicted molar refractivity (Wildman–Crippen MR) is 83.0 cm³/mol. The average molecular weight is 264 g/mol. The lowest BCUT2D eigenvalue weighted by atomic mass is 9.93. The van der Waals surface area contributed by atoms with E-state index in [9.17, 15) is 4.79 Å². The first-order valence-corrected chi connectivity index (χ1v) is 7.48. The molecule has 0 unspecified atom stereocenters. The van der Waals surface area contributed by atoms with Gasteiger partial charge in [-0.1, -0.05) is 42.0 Å². The minimum Gasteiger partial charge on any atom is -0.298 e. The van der Waals surface area contributed by atoms with Gasteiger partial charge in [-0.2, -0.15) is 0 Å². The van der Waals surface area contributed by atoms with Crippen LogP contribution in [0.5, 0.6) is 0 Å². The molecule has 0 radical (unpaired) electrons. The van der Waals surface area contributed by atoms with Crippen LogP contribution in [0, 0.1) is 0 Å². The van der Waals surface area contributed by atoms with Crippen molar-refractivity contribution in [1.82, 2.24) is 0 Å². The van der Waals surface area contributed by atoms with E-state index in [0.717, 1.165) is 50.4 Å². The molecule has 0 spiro atoms. The third-order valence-electron chi connectivity index (χ3n) is 4.21. The van der Waals surface area contributed by atoms with Crippen LogP contribution in [0.3, 0.4) is 0 Å². The molecule has 0 heterocycles. The summed E-state index contributed by atoms with van der Waals surface area (Å²) in [5, 5.41) is 0. The Bertz CT molecular complexity index is 602. The zero-order valence-electron chi connectivity index (χ0n) is 11.8. The van der Waals surface area contributed by atoms with Crippen LogP contribution in [0.4, 0.5) is 0 Å². The molecule has 0 saturated heterocycles. The molecular weight excluding hydrogens is 244 g/mol. The molecule has 20 heavy (non-hydrogen) atoms. The molecule has 0 saturated carbocycles. The topological polar surface area (TPSA) is 17.1 Å². The van der Waals surface area contributed by atoms with E-state index in [0.29, 0.717) is 0 Å². The summed E-state index contributed by atoms with van der Waals surface area (Å²) in [6, 6.07) is 6.39. The van der Waals surface area contributed by atoms with Crippen LogP contribution in [0.2, 0.25) is 0 Å². The Morgan fingerprint density at radius 1 is 0.950 bits per heavy atom. The van der Waals surface area contributed by atoms with E-state index in [1.807, 2.05) is 0 Å². The molecule has 6 rings (SSSR count). The Hall–Kier alpha value is -1.89. The van der Waals surface area contributed by atoms with Crippen molar-refractivity contribution in [3.05, 3.63) is 70.3 Å². The maximum atomic E-state index is 11.2. The SMILES string of the molecule is O=Cc1cc2ccc1CCC/C=C1/C=CC(=CC1)CC2. The number of benzene rings is 1. The molecule has 5 aliphatic carbocycles. The summed E-state index contributed by atoms with van der Waals surface area (Å²) in [6.07, 6.45) is 16.5. The Balaban J connectivity index is 1.90. The van der Waals surface area contributed by atoms with E-state index in [1.165, 1.54) is 22.3 Å². The molecule has 4 bridgehead atoms. The van der Waals surface area contributed by atoms with Gasteiger partial charge in [-0.05, 0) is 61.3 Å². The third-order valence-corrected chi connectivity index (χ3v) is 4.21. The normalized spacial score (nSPS) is 21.0. The van der Waals surface area contributed by atoms with Crippen LogP contribution < -0.4 is 0 Å². The summed E-state index contributed by atoms with van der Waals surface area (Å²) in [7, 11) is 0. The fraction of sp³-hybridized carbons (Fsp3) is 0.316. The van der Waals surface area contributed by atoms with E-state index in [-0.39, 0.29) is 0 Å². The van der Waals surface area contributed by atoms with Gasteiger partial charge in [0.1, 0.15) is 6.29 Å². The van der Waals surface area contributed by atoms with Crippen molar-refractivity contribution in [2.45, 2.75) is 38.5 Å². The number of hydrogen-bond acceptors (Lipinski definition) is 1. The van der Waals surface area contributed by atoms with E-state index >= 15 is 0 Å². The number of hydrogen-bond donors (Lipinski definition) is 0. The monoisotopic (exact) mass is 264 g/mol. The summed E-state index contributed by atoms with van der Waals surface area (Å²) in [4.78, 5) is 11.2. The van der Waals surface area contributed by atoms with Crippen molar-refractivity contribution >= 4 is 6.29 Å². The summed E-state index contributed by atoms with van der Waals surface area (Å²) < 4.78 is 0.